The molecule has 17 heavy (non-hydrogen) atoms. The first-order chi connectivity index (χ1) is 8.22. The minimum atomic E-state index is 0.601. The van der Waals surface area contributed by atoms with Gasteiger partial charge in [-0.2, -0.15) is 0 Å². The summed E-state index contributed by atoms with van der Waals surface area (Å²) < 4.78 is 0. The lowest BCUT2D eigenvalue weighted by molar-refractivity contribution is 0.222. The van der Waals surface area contributed by atoms with Gasteiger partial charge in [-0.05, 0) is 38.0 Å². The Balaban J connectivity index is 2.48. The predicted octanol–water partition coefficient (Wildman–Crippen LogP) is 2.12. The Kier molecular flexibility index (Phi) is 6.34. The van der Waals surface area contributed by atoms with Crippen LogP contribution in [-0.2, 0) is 0 Å². The summed E-state index contributed by atoms with van der Waals surface area (Å²) in [6, 6.07) is 0.601. The van der Waals surface area contributed by atoms with Crippen LogP contribution in [0.25, 0.3) is 0 Å². The predicted molar refractivity (Wildman–Crippen MR) is 73.7 cm³/mol. The molecule has 0 saturated heterocycles. The number of nitrogens with two attached hydrogens (primary N) is 1. The molecule has 1 aliphatic carbocycles. The molecule has 1 aliphatic rings. The third-order valence-electron chi connectivity index (χ3n) is 3.89. The van der Waals surface area contributed by atoms with Crippen molar-refractivity contribution in [2.24, 2.45) is 16.8 Å². The van der Waals surface area contributed by atoms with Crippen molar-refractivity contribution in [2.45, 2.75) is 58.4 Å². The molecule has 0 spiro atoms. The van der Waals surface area contributed by atoms with Gasteiger partial charge >= 0.3 is 0 Å². The lowest BCUT2D eigenvalue weighted by Gasteiger charge is -2.35. The molecule has 0 aromatic heterocycles. The fraction of sp³-hybridized carbons (Fsp3) is 0.923. The summed E-state index contributed by atoms with van der Waals surface area (Å²) >= 11 is 0. The highest BCUT2D eigenvalue weighted by Crippen LogP contribution is 2.28. The van der Waals surface area contributed by atoms with Gasteiger partial charge in [-0.15, -0.1) is 0 Å². The largest absolute Gasteiger partial charge is 0.342 e. The molecule has 0 heterocycles. The summed E-state index contributed by atoms with van der Waals surface area (Å²) in [4.78, 5) is 6.71. The van der Waals surface area contributed by atoms with Crippen LogP contribution in [0.2, 0.25) is 0 Å². The van der Waals surface area contributed by atoms with E-state index in [0.717, 1.165) is 24.8 Å². The molecular weight excluding hydrogens is 212 g/mol. The van der Waals surface area contributed by atoms with Crippen LogP contribution in [-0.4, -0.2) is 30.5 Å². The average Bonchev–Trinajstić information content (AvgIpc) is 2.39. The summed E-state index contributed by atoms with van der Waals surface area (Å²) in [5.74, 6) is 7.32. The van der Waals surface area contributed by atoms with Crippen molar-refractivity contribution in [1.29, 1.82) is 0 Å². The molecule has 1 rings (SSSR count). The molecular formula is C13H28N4. The number of hydrazine groups is 1. The maximum absolute atomic E-state index is 5.55. The Morgan fingerprint density at radius 2 is 1.94 bits per heavy atom. The molecule has 0 bridgehead atoms. The van der Waals surface area contributed by atoms with E-state index in [0.29, 0.717) is 6.04 Å². The van der Waals surface area contributed by atoms with Crippen molar-refractivity contribution in [3.63, 3.8) is 0 Å². The molecule has 0 unspecified atom stereocenters. The van der Waals surface area contributed by atoms with E-state index in [1.165, 1.54) is 32.1 Å². The molecule has 4 nitrogen and oxygen atoms in total. The van der Waals surface area contributed by atoms with Crippen molar-refractivity contribution in [2.75, 3.05) is 13.6 Å². The number of rotatable bonds is 4. The van der Waals surface area contributed by atoms with Crippen LogP contribution in [0.1, 0.15) is 52.4 Å². The second kappa shape index (κ2) is 7.54. The standard InChI is InChI=1S/C13H28N4/c1-4-10-15-13(16-14)17(3)12-8-6-11(5-2)7-9-12/h11-12H,4-10,14H2,1-3H3,(H,15,16). The van der Waals surface area contributed by atoms with Gasteiger partial charge in [0.15, 0.2) is 0 Å². The smallest absolute Gasteiger partial charge is 0.208 e. The van der Waals surface area contributed by atoms with Gasteiger partial charge in [0, 0.05) is 19.6 Å². The number of hydrogen-bond donors (Lipinski definition) is 2. The monoisotopic (exact) mass is 240 g/mol. The van der Waals surface area contributed by atoms with Crippen LogP contribution < -0.4 is 11.3 Å². The zero-order valence-electron chi connectivity index (χ0n) is 11.6. The first-order valence-corrected chi connectivity index (χ1v) is 6.96. The van der Waals surface area contributed by atoms with Crippen LogP contribution in [0, 0.1) is 5.92 Å². The highest BCUT2D eigenvalue weighted by Gasteiger charge is 2.24. The van der Waals surface area contributed by atoms with E-state index in [2.05, 4.69) is 36.2 Å². The molecule has 0 atom stereocenters. The van der Waals surface area contributed by atoms with E-state index >= 15 is 0 Å². The summed E-state index contributed by atoms with van der Waals surface area (Å²) in [6.45, 7) is 5.27. The zero-order chi connectivity index (χ0) is 12.7. The molecule has 1 fully saturated rings. The van der Waals surface area contributed by atoms with E-state index in [9.17, 15) is 0 Å². The average molecular weight is 240 g/mol. The van der Waals surface area contributed by atoms with Crippen LogP contribution in [0.5, 0.6) is 0 Å². The number of guanidine groups is 1. The van der Waals surface area contributed by atoms with E-state index in [4.69, 9.17) is 5.84 Å². The molecule has 3 N–H and O–H groups in total. The molecule has 4 heteroatoms. The fourth-order valence-corrected chi connectivity index (χ4v) is 2.59. The Morgan fingerprint density at radius 1 is 1.29 bits per heavy atom. The van der Waals surface area contributed by atoms with Gasteiger partial charge in [0.05, 0.1) is 0 Å². The number of nitrogens with one attached hydrogen (secondary N) is 1. The van der Waals surface area contributed by atoms with Crippen molar-refractivity contribution >= 4 is 5.96 Å². The fourth-order valence-electron chi connectivity index (χ4n) is 2.59. The van der Waals surface area contributed by atoms with E-state index in [1.54, 1.807) is 0 Å². The maximum Gasteiger partial charge on any atom is 0.208 e. The second-order valence-electron chi connectivity index (χ2n) is 5.04. The normalized spacial score (nSPS) is 25.8. The summed E-state index contributed by atoms with van der Waals surface area (Å²) in [7, 11) is 2.10. The highest BCUT2D eigenvalue weighted by molar-refractivity contribution is 5.79. The second-order valence-corrected chi connectivity index (χ2v) is 5.04. The van der Waals surface area contributed by atoms with Crippen LogP contribution in [0.15, 0.2) is 4.99 Å². The lowest BCUT2D eigenvalue weighted by Crippen LogP contribution is -2.48. The zero-order valence-corrected chi connectivity index (χ0v) is 11.6. The van der Waals surface area contributed by atoms with Gasteiger partial charge in [0.25, 0.3) is 0 Å². The number of hydrogen-bond acceptors (Lipinski definition) is 2. The molecule has 0 amide bonds. The Bertz CT molecular complexity index is 232. The minimum absolute atomic E-state index is 0.601. The first kappa shape index (κ1) is 14.3. The SMILES string of the molecule is CCCN=C(NN)N(C)C1CCC(CC)CC1. The Hall–Kier alpha value is -0.770. The molecule has 0 aromatic rings. The van der Waals surface area contributed by atoms with E-state index in [-0.39, 0.29) is 0 Å². The van der Waals surface area contributed by atoms with Gasteiger partial charge in [0.1, 0.15) is 0 Å². The Labute approximate surface area is 106 Å². The summed E-state index contributed by atoms with van der Waals surface area (Å²) in [6.07, 6.45) is 7.60. The highest BCUT2D eigenvalue weighted by atomic mass is 15.4. The molecule has 100 valence electrons. The van der Waals surface area contributed by atoms with Crippen molar-refractivity contribution < 1.29 is 0 Å². The molecule has 0 radical (unpaired) electrons. The van der Waals surface area contributed by atoms with Crippen LogP contribution in [0.4, 0.5) is 0 Å². The minimum Gasteiger partial charge on any atom is -0.342 e. The van der Waals surface area contributed by atoms with Gasteiger partial charge < -0.3 is 4.90 Å². The van der Waals surface area contributed by atoms with Crippen molar-refractivity contribution in [3.05, 3.63) is 0 Å². The first-order valence-electron chi connectivity index (χ1n) is 6.96. The van der Waals surface area contributed by atoms with E-state index < -0.39 is 0 Å². The van der Waals surface area contributed by atoms with Gasteiger partial charge in [0.2, 0.25) is 5.96 Å². The van der Waals surface area contributed by atoms with E-state index in [1.807, 2.05) is 0 Å². The van der Waals surface area contributed by atoms with Crippen LogP contribution in [0.3, 0.4) is 0 Å². The topological polar surface area (TPSA) is 53.6 Å². The summed E-state index contributed by atoms with van der Waals surface area (Å²) in [5.41, 5.74) is 2.74. The molecule has 1 saturated carbocycles. The molecule has 0 aromatic carbocycles. The quantitative estimate of drug-likeness (QED) is 0.342. The summed E-state index contributed by atoms with van der Waals surface area (Å²) in [5, 5.41) is 0. The third kappa shape index (κ3) is 4.19. The third-order valence-corrected chi connectivity index (χ3v) is 3.89. The van der Waals surface area contributed by atoms with Crippen molar-refractivity contribution in [1.82, 2.24) is 10.3 Å². The molecule has 0 aliphatic heterocycles. The number of aliphatic imine (C=N–C) groups is 1. The van der Waals surface area contributed by atoms with Gasteiger partial charge in [-0.1, -0.05) is 20.3 Å². The lowest BCUT2D eigenvalue weighted by atomic mass is 9.84. The van der Waals surface area contributed by atoms with Gasteiger partial charge in [-0.3, -0.25) is 10.4 Å². The number of nitrogens with zero attached hydrogens (tertiary/aromatic N) is 2. The van der Waals surface area contributed by atoms with Crippen molar-refractivity contribution in [3.8, 4) is 0 Å². The Morgan fingerprint density at radius 3 is 2.41 bits per heavy atom. The van der Waals surface area contributed by atoms with Gasteiger partial charge in [-0.25, -0.2) is 5.84 Å². The van der Waals surface area contributed by atoms with Crippen LogP contribution >= 0.6 is 0 Å². The maximum atomic E-state index is 5.55.